The van der Waals surface area contributed by atoms with Crippen molar-refractivity contribution < 1.29 is 9.53 Å². The summed E-state index contributed by atoms with van der Waals surface area (Å²) in [5, 5.41) is 0. The van der Waals surface area contributed by atoms with Gasteiger partial charge in [-0.25, -0.2) is 0 Å². The number of hydrogen-bond acceptors (Lipinski definition) is 2. The van der Waals surface area contributed by atoms with Gasteiger partial charge in [-0.1, -0.05) is 96.3 Å². The second kappa shape index (κ2) is 14.1. The van der Waals surface area contributed by atoms with Gasteiger partial charge < -0.3 is 4.74 Å². The Kier molecular flexibility index (Phi) is 12.2. The van der Waals surface area contributed by atoms with Gasteiger partial charge >= 0.3 is 5.97 Å². The van der Waals surface area contributed by atoms with Crippen molar-refractivity contribution in [3.05, 3.63) is 30.3 Å². The van der Waals surface area contributed by atoms with Crippen LogP contribution >= 0.6 is 0 Å². The van der Waals surface area contributed by atoms with E-state index in [-0.39, 0.29) is 11.9 Å². The van der Waals surface area contributed by atoms with E-state index in [9.17, 15) is 4.79 Å². The quantitative estimate of drug-likeness (QED) is 0.210. The van der Waals surface area contributed by atoms with Gasteiger partial charge in [-0.15, -0.1) is 0 Å². The Morgan fingerprint density at radius 3 is 1.92 bits per heavy atom. The number of ether oxygens (including phenoxy) is 1. The third-order valence-corrected chi connectivity index (χ3v) is 4.69. The first-order valence-corrected chi connectivity index (χ1v) is 10.0. The van der Waals surface area contributed by atoms with Crippen molar-refractivity contribution in [3.63, 3.8) is 0 Å². The SMILES string of the molecule is CCCCCCCCCCCCC(CC)C(=O)Oc1ccccc1. The normalized spacial score (nSPS) is 12.1. The zero-order valence-electron chi connectivity index (χ0n) is 15.8. The Labute approximate surface area is 149 Å². The minimum Gasteiger partial charge on any atom is -0.426 e. The summed E-state index contributed by atoms with van der Waals surface area (Å²) in [6.07, 6.45) is 15.1. The van der Waals surface area contributed by atoms with Gasteiger partial charge in [0.25, 0.3) is 0 Å². The molecule has 2 heteroatoms. The maximum atomic E-state index is 12.2. The number of carbonyl (C=O) groups is 1. The molecule has 0 bridgehead atoms. The van der Waals surface area contributed by atoms with Crippen LogP contribution in [0, 0.1) is 5.92 Å². The maximum Gasteiger partial charge on any atom is 0.314 e. The van der Waals surface area contributed by atoms with E-state index in [1.807, 2.05) is 30.3 Å². The minimum absolute atomic E-state index is 0.0410. The summed E-state index contributed by atoms with van der Waals surface area (Å²) in [6.45, 7) is 4.34. The summed E-state index contributed by atoms with van der Waals surface area (Å²) in [4.78, 5) is 12.2. The molecule has 0 fully saturated rings. The van der Waals surface area contributed by atoms with Crippen molar-refractivity contribution in [2.75, 3.05) is 0 Å². The topological polar surface area (TPSA) is 26.3 Å². The second-order valence-corrected chi connectivity index (χ2v) is 6.81. The van der Waals surface area contributed by atoms with Crippen LogP contribution in [0.15, 0.2) is 30.3 Å². The number of benzene rings is 1. The van der Waals surface area contributed by atoms with Gasteiger partial charge in [0.2, 0.25) is 0 Å². The predicted octanol–water partition coefficient (Wildman–Crippen LogP) is 6.93. The molecule has 0 aromatic heterocycles. The lowest BCUT2D eigenvalue weighted by Gasteiger charge is -2.13. The van der Waals surface area contributed by atoms with Crippen molar-refractivity contribution >= 4 is 5.97 Å². The van der Waals surface area contributed by atoms with E-state index in [0.29, 0.717) is 5.75 Å². The maximum absolute atomic E-state index is 12.2. The van der Waals surface area contributed by atoms with Crippen LogP contribution in [0.2, 0.25) is 0 Å². The lowest BCUT2D eigenvalue weighted by atomic mass is 9.97. The molecule has 0 amide bonds. The van der Waals surface area contributed by atoms with Crippen molar-refractivity contribution in [1.29, 1.82) is 0 Å². The van der Waals surface area contributed by atoms with E-state index in [4.69, 9.17) is 4.74 Å². The highest BCUT2D eigenvalue weighted by atomic mass is 16.5. The van der Waals surface area contributed by atoms with Crippen LogP contribution in [0.5, 0.6) is 5.75 Å². The molecule has 1 aromatic carbocycles. The fourth-order valence-corrected chi connectivity index (χ4v) is 3.05. The molecule has 0 radical (unpaired) electrons. The number of carbonyl (C=O) groups excluding carboxylic acids is 1. The van der Waals surface area contributed by atoms with E-state index in [1.54, 1.807) is 0 Å². The zero-order valence-corrected chi connectivity index (χ0v) is 15.8. The van der Waals surface area contributed by atoms with Gasteiger partial charge in [-0.05, 0) is 25.0 Å². The van der Waals surface area contributed by atoms with Crippen LogP contribution in [0.25, 0.3) is 0 Å². The molecule has 0 aliphatic carbocycles. The predicted molar refractivity (Wildman–Crippen MR) is 102 cm³/mol. The first-order valence-electron chi connectivity index (χ1n) is 10.0. The van der Waals surface area contributed by atoms with Crippen LogP contribution in [-0.2, 0) is 4.79 Å². The number of hydrogen-bond donors (Lipinski definition) is 0. The summed E-state index contributed by atoms with van der Waals surface area (Å²) in [7, 11) is 0. The number of para-hydroxylation sites is 1. The van der Waals surface area contributed by atoms with Crippen LogP contribution in [0.3, 0.4) is 0 Å². The highest BCUT2D eigenvalue weighted by Crippen LogP contribution is 2.19. The van der Waals surface area contributed by atoms with E-state index < -0.39 is 0 Å². The molecule has 0 heterocycles. The molecule has 0 saturated heterocycles. The molecule has 136 valence electrons. The standard InChI is InChI=1S/C22H36O2/c1-3-5-6-7-8-9-10-11-12-14-17-20(4-2)22(23)24-21-18-15-13-16-19-21/h13,15-16,18-20H,3-12,14,17H2,1-2H3. The molecule has 1 unspecified atom stereocenters. The Morgan fingerprint density at radius 1 is 0.833 bits per heavy atom. The van der Waals surface area contributed by atoms with E-state index in [2.05, 4.69) is 13.8 Å². The third-order valence-electron chi connectivity index (χ3n) is 4.69. The van der Waals surface area contributed by atoms with Gasteiger partial charge in [-0.3, -0.25) is 4.79 Å². The van der Waals surface area contributed by atoms with Crippen LogP contribution in [0.1, 0.15) is 90.9 Å². The lowest BCUT2D eigenvalue weighted by molar-refractivity contribution is -0.139. The molecule has 2 nitrogen and oxygen atoms in total. The first-order chi connectivity index (χ1) is 11.8. The van der Waals surface area contributed by atoms with Crippen molar-refractivity contribution in [1.82, 2.24) is 0 Å². The highest BCUT2D eigenvalue weighted by Gasteiger charge is 2.18. The highest BCUT2D eigenvalue weighted by molar-refractivity contribution is 5.74. The Balaban J connectivity index is 2.06. The van der Waals surface area contributed by atoms with Gasteiger partial charge in [0.1, 0.15) is 5.75 Å². The van der Waals surface area contributed by atoms with Gasteiger partial charge in [-0.2, -0.15) is 0 Å². The molecular weight excluding hydrogens is 296 g/mol. The molecule has 24 heavy (non-hydrogen) atoms. The largest absolute Gasteiger partial charge is 0.426 e. The number of esters is 1. The second-order valence-electron chi connectivity index (χ2n) is 6.81. The number of rotatable bonds is 14. The van der Waals surface area contributed by atoms with E-state index in [0.717, 1.165) is 19.3 Å². The Morgan fingerprint density at radius 2 is 1.38 bits per heavy atom. The molecule has 1 atom stereocenters. The Hall–Kier alpha value is -1.31. The summed E-state index contributed by atoms with van der Waals surface area (Å²) in [6, 6.07) is 9.40. The van der Waals surface area contributed by atoms with E-state index >= 15 is 0 Å². The van der Waals surface area contributed by atoms with Crippen LogP contribution in [0.4, 0.5) is 0 Å². The minimum atomic E-state index is -0.0698. The van der Waals surface area contributed by atoms with Crippen molar-refractivity contribution in [2.45, 2.75) is 90.9 Å². The summed E-state index contributed by atoms with van der Waals surface area (Å²) >= 11 is 0. The van der Waals surface area contributed by atoms with Gasteiger partial charge in [0.15, 0.2) is 0 Å². The average molecular weight is 333 g/mol. The zero-order chi connectivity index (χ0) is 17.5. The molecule has 0 aliphatic heterocycles. The lowest BCUT2D eigenvalue weighted by Crippen LogP contribution is -2.20. The van der Waals surface area contributed by atoms with Gasteiger partial charge in [0.05, 0.1) is 5.92 Å². The molecule has 0 saturated carbocycles. The van der Waals surface area contributed by atoms with Crippen molar-refractivity contribution in [3.8, 4) is 5.75 Å². The molecule has 0 aliphatic rings. The molecular formula is C22H36O2. The Bertz CT molecular complexity index is 413. The van der Waals surface area contributed by atoms with Crippen molar-refractivity contribution in [2.24, 2.45) is 5.92 Å². The monoisotopic (exact) mass is 332 g/mol. The summed E-state index contributed by atoms with van der Waals surface area (Å²) in [5.74, 6) is 0.628. The fourth-order valence-electron chi connectivity index (χ4n) is 3.05. The van der Waals surface area contributed by atoms with Crippen LogP contribution in [-0.4, -0.2) is 5.97 Å². The molecule has 0 spiro atoms. The van der Waals surface area contributed by atoms with Gasteiger partial charge in [0, 0.05) is 0 Å². The molecule has 1 rings (SSSR count). The smallest absolute Gasteiger partial charge is 0.314 e. The summed E-state index contributed by atoms with van der Waals surface area (Å²) < 4.78 is 5.47. The molecule has 0 N–H and O–H groups in total. The van der Waals surface area contributed by atoms with E-state index in [1.165, 1.54) is 57.8 Å². The number of unbranched alkanes of at least 4 members (excludes halogenated alkanes) is 9. The fraction of sp³-hybridized carbons (Fsp3) is 0.682. The first kappa shape index (κ1) is 20.7. The average Bonchev–Trinajstić information content (AvgIpc) is 2.60. The summed E-state index contributed by atoms with van der Waals surface area (Å²) in [5.41, 5.74) is 0. The van der Waals surface area contributed by atoms with Crippen LogP contribution < -0.4 is 4.74 Å². The third kappa shape index (κ3) is 9.75. The molecule has 1 aromatic rings.